The summed E-state index contributed by atoms with van der Waals surface area (Å²) in [5.41, 5.74) is 5.98. The molecule has 2 aliphatic rings. The number of hydrogen-bond donors (Lipinski definition) is 0. The molecule has 2 aliphatic carbocycles. The molecular weight excluding hydrogens is 332 g/mol. The Bertz CT molecular complexity index is 915. The van der Waals surface area contributed by atoms with Crippen molar-refractivity contribution in [3.05, 3.63) is 65.7 Å². The molecule has 2 fully saturated rings. The maximum absolute atomic E-state index is 5.30. The zero-order chi connectivity index (χ0) is 18.2. The average Bonchev–Trinajstić information content (AvgIpc) is 3.45. The van der Waals surface area contributed by atoms with Gasteiger partial charge in [-0.1, -0.05) is 12.1 Å². The molecule has 0 radical (unpaired) electrons. The minimum absolute atomic E-state index is 0.709. The van der Waals surface area contributed by atoms with Crippen LogP contribution >= 0.6 is 0 Å². The number of rotatable bonds is 5. The van der Waals surface area contributed by atoms with Gasteiger partial charge in [0.25, 0.3) is 0 Å². The Morgan fingerprint density at radius 1 is 0.963 bits per heavy atom. The fourth-order valence-corrected chi connectivity index (χ4v) is 4.93. The third kappa shape index (κ3) is 3.36. The van der Waals surface area contributed by atoms with Crippen LogP contribution in [0.3, 0.4) is 0 Å². The molecule has 0 spiro atoms. The van der Waals surface area contributed by atoms with Gasteiger partial charge in [-0.25, -0.2) is 4.98 Å². The largest absolute Gasteiger partial charge is 0.497 e. The minimum atomic E-state index is 0.709. The van der Waals surface area contributed by atoms with Crippen molar-refractivity contribution < 1.29 is 4.74 Å². The number of imidazole rings is 1. The number of benzene rings is 1. The third-order valence-corrected chi connectivity index (χ3v) is 6.68. The van der Waals surface area contributed by atoms with Crippen LogP contribution in [0.2, 0.25) is 0 Å². The predicted octanol–water partition coefficient (Wildman–Crippen LogP) is 5.74. The van der Waals surface area contributed by atoms with Crippen LogP contribution in [-0.2, 0) is 6.42 Å². The highest BCUT2D eigenvalue weighted by molar-refractivity contribution is 5.58. The lowest BCUT2D eigenvalue weighted by Crippen LogP contribution is -2.16. The molecule has 27 heavy (non-hydrogen) atoms. The van der Waals surface area contributed by atoms with Crippen LogP contribution in [0, 0.1) is 5.92 Å². The van der Waals surface area contributed by atoms with E-state index in [4.69, 9.17) is 4.74 Å². The maximum Gasteiger partial charge on any atom is 0.118 e. The van der Waals surface area contributed by atoms with E-state index in [-0.39, 0.29) is 0 Å². The van der Waals surface area contributed by atoms with Crippen LogP contribution in [0.25, 0.3) is 5.52 Å². The van der Waals surface area contributed by atoms with Gasteiger partial charge < -0.3 is 9.14 Å². The van der Waals surface area contributed by atoms with Crippen molar-refractivity contribution in [1.82, 2.24) is 9.38 Å². The van der Waals surface area contributed by atoms with Gasteiger partial charge in [-0.15, -0.1) is 0 Å². The molecule has 140 valence electrons. The molecule has 0 unspecified atom stereocenters. The first-order valence-electron chi connectivity index (χ1n) is 10.4. The van der Waals surface area contributed by atoms with Crippen LogP contribution in [0.15, 0.2) is 49.1 Å². The zero-order valence-corrected chi connectivity index (χ0v) is 16.1. The Morgan fingerprint density at radius 3 is 2.41 bits per heavy atom. The molecule has 5 rings (SSSR count). The van der Waals surface area contributed by atoms with Gasteiger partial charge in [0.15, 0.2) is 0 Å². The summed E-state index contributed by atoms with van der Waals surface area (Å²) in [5.74, 6) is 3.27. The highest BCUT2D eigenvalue weighted by Crippen LogP contribution is 2.44. The second-order valence-electron chi connectivity index (χ2n) is 8.40. The lowest BCUT2D eigenvalue weighted by atomic mass is 9.76. The summed E-state index contributed by atoms with van der Waals surface area (Å²) in [4.78, 5) is 4.39. The van der Waals surface area contributed by atoms with Crippen LogP contribution in [0.1, 0.15) is 67.1 Å². The van der Waals surface area contributed by atoms with Gasteiger partial charge in [0.2, 0.25) is 0 Å². The summed E-state index contributed by atoms with van der Waals surface area (Å²) in [6.07, 6.45) is 15.4. The highest BCUT2D eigenvalue weighted by Gasteiger charge is 2.29. The van der Waals surface area contributed by atoms with E-state index >= 15 is 0 Å². The number of nitrogens with zero attached hydrogens (tertiary/aromatic N) is 2. The molecule has 2 aromatic heterocycles. The molecule has 0 amide bonds. The smallest absolute Gasteiger partial charge is 0.118 e. The summed E-state index contributed by atoms with van der Waals surface area (Å²) in [7, 11) is 1.73. The summed E-state index contributed by atoms with van der Waals surface area (Å²) in [5, 5.41) is 0. The van der Waals surface area contributed by atoms with Crippen LogP contribution in [-0.4, -0.2) is 16.5 Å². The van der Waals surface area contributed by atoms with E-state index in [9.17, 15) is 0 Å². The zero-order valence-electron chi connectivity index (χ0n) is 16.1. The summed E-state index contributed by atoms with van der Waals surface area (Å²) < 4.78 is 7.50. The Morgan fingerprint density at radius 2 is 1.70 bits per heavy atom. The van der Waals surface area contributed by atoms with Crippen molar-refractivity contribution in [2.75, 3.05) is 7.11 Å². The first kappa shape index (κ1) is 16.9. The molecule has 3 nitrogen and oxygen atoms in total. The van der Waals surface area contributed by atoms with Gasteiger partial charge in [-0.3, -0.25) is 0 Å². The van der Waals surface area contributed by atoms with E-state index in [0.717, 1.165) is 17.6 Å². The summed E-state index contributed by atoms with van der Waals surface area (Å²) in [6.45, 7) is 0. The van der Waals surface area contributed by atoms with Crippen molar-refractivity contribution in [2.45, 2.75) is 56.8 Å². The second-order valence-corrected chi connectivity index (χ2v) is 8.40. The molecule has 3 heteroatoms. The first-order valence-corrected chi connectivity index (χ1v) is 10.4. The third-order valence-electron chi connectivity index (χ3n) is 6.68. The fraction of sp³-hybridized carbons (Fsp3) is 0.458. The number of hydrogen-bond acceptors (Lipinski definition) is 2. The normalized spacial score (nSPS) is 22.9. The molecular formula is C24H28N2O. The SMILES string of the molecule is COc1ccc([C@H]2CC[C@H](Cc3c(C4CC4)ccn4cncc34)CC2)cc1. The summed E-state index contributed by atoms with van der Waals surface area (Å²) in [6, 6.07) is 11.1. The lowest BCUT2D eigenvalue weighted by molar-refractivity contribution is 0.324. The van der Waals surface area contributed by atoms with E-state index in [1.165, 1.54) is 56.0 Å². The quantitative estimate of drug-likeness (QED) is 0.580. The fourth-order valence-electron chi connectivity index (χ4n) is 4.93. The topological polar surface area (TPSA) is 26.5 Å². The molecule has 0 bridgehead atoms. The number of methoxy groups -OCH3 is 1. The molecule has 3 aromatic rings. The molecule has 2 heterocycles. The van der Waals surface area contributed by atoms with Gasteiger partial charge in [0, 0.05) is 6.20 Å². The van der Waals surface area contributed by atoms with E-state index in [1.54, 1.807) is 18.2 Å². The molecule has 0 N–H and O–H groups in total. The molecule has 0 aliphatic heterocycles. The van der Waals surface area contributed by atoms with Gasteiger partial charge in [-0.05, 0) is 97.6 Å². The number of fused-ring (bicyclic) bond motifs is 1. The van der Waals surface area contributed by atoms with Gasteiger partial charge in [-0.2, -0.15) is 0 Å². The number of pyridine rings is 1. The molecule has 0 atom stereocenters. The Kier molecular flexibility index (Phi) is 4.39. The average molecular weight is 361 g/mol. The van der Waals surface area contributed by atoms with Crippen LogP contribution in [0.4, 0.5) is 0 Å². The van der Waals surface area contributed by atoms with Gasteiger partial charge >= 0.3 is 0 Å². The lowest BCUT2D eigenvalue weighted by Gasteiger charge is -2.29. The van der Waals surface area contributed by atoms with Crippen molar-refractivity contribution in [3.8, 4) is 5.75 Å². The second kappa shape index (κ2) is 7.03. The van der Waals surface area contributed by atoms with Crippen LogP contribution < -0.4 is 4.74 Å². The van der Waals surface area contributed by atoms with E-state index in [1.807, 2.05) is 6.33 Å². The van der Waals surface area contributed by atoms with Crippen LogP contribution in [0.5, 0.6) is 5.75 Å². The molecule has 2 saturated carbocycles. The minimum Gasteiger partial charge on any atom is -0.497 e. The maximum atomic E-state index is 5.30. The van der Waals surface area contributed by atoms with Crippen molar-refractivity contribution >= 4 is 5.52 Å². The van der Waals surface area contributed by atoms with E-state index < -0.39 is 0 Å². The monoisotopic (exact) mass is 360 g/mol. The predicted molar refractivity (Wildman–Crippen MR) is 109 cm³/mol. The first-order chi connectivity index (χ1) is 13.3. The van der Waals surface area contributed by atoms with Crippen molar-refractivity contribution in [3.63, 3.8) is 0 Å². The Balaban J connectivity index is 1.30. The molecule has 0 saturated heterocycles. The Hall–Kier alpha value is -2.29. The Labute approximate surface area is 161 Å². The van der Waals surface area contributed by atoms with Gasteiger partial charge in [0.1, 0.15) is 5.75 Å². The standard InChI is InChI=1S/C24H28N2O/c1-27-21-10-8-19(9-11-21)18-4-2-17(3-5-18)14-23-22(20-6-7-20)12-13-26-16-25-15-24(23)26/h8-13,15-18,20H,2-7,14H2,1H3/t17-,18-. The van der Waals surface area contributed by atoms with Crippen molar-refractivity contribution in [1.29, 1.82) is 0 Å². The number of ether oxygens (including phenoxy) is 1. The number of aromatic nitrogens is 2. The molecule has 1 aromatic carbocycles. The van der Waals surface area contributed by atoms with Crippen molar-refractivity contribution in [2.24, 2.45) is 5.92 Å². The summed E-state index contributed by atoms with van der Waals surface area (Å²) >= 11 is 0. The highest BCUT2D eigenvalue weighted by atomic mass is 16.5. The van der Waals surface area contributed by atoms with E-state index in [2.05, 4.69) is 52.1 Å². The van der Waals surface area contributed by atoms with E-state index in [0.29, 0.717) is 5.92 Å². The van der Waals surface area contributed by atoms with Gasteiger partial charge in [0.05, 0.1) is 25.2 Å².